The number of amides is 1. The van der Waals surface area contributed by atoms with Crippen molar-refractivity contribution in [2.45, 2.75) is 0 Å². The number of para-hydroxylation sites is 1. The van der Waals surface area contributed by atoms with Crippen molar-refractivity contribution in [3.8, 4) is 28.4 Å². The molecule has 5 aromatic rings. The van der Waals surface area contributed by atoms with E-state index in [4.69, 9.17) is 25.8 Å². The molecule has 40 heavy (non-hydrogen) atoms. The van der Waals surface area contributed by atoms with Gasteiger partial charge in [0.25, 0.3) is 5.91 Å². The van der Waals surface area contributed by atoms with Gasteiger partial charge in [0.2, 0.25) is 0 Å². The molecule has 200 valence electrons. The fraction of sp³-hybridized carbons (Fsp3) is 0.0645. The molecule has 1 aromatic heterocycles. The minimum Gasteiger partial charge on any atom is -0.496 e. The lowest BCUT2D eigenvalue weighted by Gasteiger charge is -2.12. The number of hydrazone groups is 1. The van der Waals surface area contributed by atoms with Crippen LogP contribution in [0.4, 0.5) is 0 Å². The van der Waals surface area contributed by atoms with Crippen LogP contribution in [0.3, 0.4) is 0 Å². The Morgan fingerprint density at radius 1 is 0.850 bits per heavy atom. The standard InChI is InChI=1S/C31H24ClN3O5/c1-38-25-15-13-21(32)17-23(25)31(37)40-26-14-12-19(16-27(26)39-2)18-33-35-30(36)29-28(20-8-4-3-5-9-20)22-10-6-7-11-24(22)34-29/h3-18,34H,1-2H3,(H,35,36). The monoisotopic (exact) mass is 553 g/mol. The normalized spacial score (nSPS) is 11.0. The molecule has 8 nitrogen and oxygen atoms in total. The van der Waals surface area contributed by atoms with E-state index in [1.54, 1.807) is 30.3 Å². The Labute approximate surface area is 235 Å². The fourth-order valence-electron chi connectivity index (χ4n) is 4.28. The van der Waals surface area contributed by atoms with E-state index in [9.17, 15) is 9.59 Å². The molecule has 0 saturated carbocycles. The molecule has 1 heterocycles. The van der Waals surface area contributed by atoms with E-state index in [-0.39, 0.29) is 17.2 Å². The number of nitrogens with one attached hydrogen (secondary N) is 2. The van der Waals surface area contributed by atoms with Crippen molar-refractivity contribution in [2.24, 2.45) is 5.10 Å². The van der Waals surface area contributed by atoms with Gasteiger partial charge in [0, 0.05) is 21.5 Å². The van der Waals surface area contributed by atoms with Gasteiger partial charge < -0.3 is 19.2 Å². The van der Waals surface area contributed by atoms with E-state index in [0.29, 0.717) is 27.8 Å². The third kappa shape index (κ3) is 5.52. The number of nitrogens with zero attached hydrogens (tertiary/aromatic N) is 1. The number of fused-ring (bicyclic) bond motifs is 1. The molecule has 0 aliphatic carbocycles. The van der Waals surface area contributed by atoms with Crippen LogP contribution in [0.15, 0.2) is 96.1 Å². The van der Waals surface area contributed by atoms with Crippen LogP contribution in [0.1, 0.15) is 26.4 Å². The van der Waals surface area contributed by atoms with Crippen LogP contribution in [0.25, 0.3) is 22.0 Å². The lowest BCUT2D eigenvalue weighted by Crippen LogP contribution is -2.18. The van der Waals surface area contributed by atoms with Crippen LogP contribution < -0.4 is 19.6 Å². The average molecular weight is 554 g/mol. The summed E-state index contributed by atoms with van der Waals surface area (Å²) in [6, 6.07) is 27.0. The summed E-state index contributed by atoms with van der Waals surface area (Å²) in [4.78, 5) is 29.1. The van der Waals surface area contributed by atoms with Crippen molar-refractivity contribution in [2.75, 3.05) is 14.2 Å². The molecule has 5 rings (SSSR count). The number of hydrogen-bond acceptors (Lipinski definition) is 6. The average Bonchev–Trinajstić information content (AvgIpc) is 3.38. The summed E-state index contributed by atoms with van der Waals surface area (Å²) in [7, 11) is 2.91. The number of aromatic nitrogens is 1. The third-order valence-corrected chi connectivity index (χ3v) is 6.38. The third-order valence-electron chi connectivity index (χ3n) is 6.15. The number of halogens is 1. The molecule has 0 radical (unpaired) electrons. The van der Waals surface area contributed by atoms with Crippen LogP contribution in [-0.2, 0) is 0 Å². The van der Waals surface area contributed by atoms with Gasteiger partial charge in [0.05, 0.1) is 20.4 Å². The van der Waals surface area contributed by atoms with Gasteiger partial charge in [0.15, 0.2) is 11.5 Å². The fourth-order valence-corrected chi connectivity index (χ4v) is 4.45. The second kappa shape index (κ2) is 11.8. The number of esters is 1. The number of hydrogen-bond donors (Lipinski definition) is 2. The second-order valence-corrected chi connectivity index (χ2v) is 9.07. The molecule has 0 saturated heterocycles. The van der Waals surface area contributed by atoms with Gasteiger partial charge in [-0.05, 0) is 53.6 Å². The number of H-pyrrole nitrogens is 1. The number of carbonyl (C=O) groups is 2. The minimum absolute atomic E-state index is 0.178. The molecule has 0 bridgehead atoms. The predicted octanol–water partition coefficient (Wildman–Crippen LogP) is 6.49. The van der Waals surface area contributed by atoms with Gasteiger partial charge in [-0.2, -0.15) is 5.10 Å². The van der Waals surface area contributed by atoms with E-state index < -0.39 is 5.97 Å². The Balaban J connectivity index is 1.34. The van der Waals surface area contributed by atoms with Gasteiger partial charge in [-0.25, -0.2) is 10.2 Å². The summed E-state index contributed by atoms with van der Waals surface area (Å²) < 4.78 is 16.2. The van der Waals surface area contributed by atoms with Crippen LogP contribution >= 0.6 is 11.6 Å². The number of ether oxygens (including phenoxy) is 3. The van der Waals surface area contributed by atoms with Crippen LogP contribution in [0.5, 0.6) is 17.2 Å². The highest BCUT2D eigenvalue weighted by atomic mass is 35.5. The maximum atomic E-state index is 13.2. The number of carbonyl (C=O) groups excluding carboxylic acids is 2. The van der Waals surface area contributed by atoms with E-state index >= 15 is 0 Å². The Bertz CT molecular complexity index is 1730. The van der Waals surface area contributed by atoms with Gasteiger partial charge in [-0.1, -0.05) is 60.1 Å². The zero-order chi connectivity index (χ0) is 28.1. The zero-order valence-electron chi connectivity index (χ0n) is 21.6. The van der Waals surface area contributed by atoms with Gasteiger partial charge >= 0.3 is 5.97 Å². The molecule has 4 aromatic carbocycles. The first-order valence-corrected chi connectivity index (χ1v) is 12.6. The van der Waals surface area contributed by atoms with Crippen molar-refractivity contribution < 1.29 is 23.8 Å². The van der Waals surface area contributed by atoms with E-state index in [1.807, 2.05) is 54.6 Å². The first kappa shape index (κ1) is 26.5. The van der Waals surface area contributed by atoms with Crippen molar-refractivity contribution in [1.29, 1.82) is 0 Å². The molecule has 9 heteroatoms. The number of rotatable bonds is 8. The lowest BCUT2D eigenvalue weighted by atomic mass is 10.0. The summed E-state index contributed by atoms with van der Waals surface area (Å²) in [5, 5.41) is 5.44. The van der Waals surface area contributed by atoms with Gasteiger partial charge in [-0.3, -0.25) is 4.79 Å². The summed E-state index contributed by atoms with van der Waals surface area (Å²) in [5.74, 6) is -0.218. The van der Waals surface area contributed by atoms with Crippen molar-refractivity contribution >= 4 is 40.6 Å². The summed E-state index contributed by atoms with van der Waals surface area (Å²) in [6.45, 7) is 0. The SMILES string of the molecule is COc1cc(C=NNC(=O)c2[nH]c3ccccc3c2-c2ccccc2)ccc1OC(=O)c1cc(Cl)ccc1OC. The molecule has 0 atom stereocenters. The minimum atomic E-state index is -0.654. The molecular formula is C31H24ClN3O5. The molecule has 0 aliphatic heterocycles. The number of methoxy groups -OCH3 is 2. The Kier molecular flexibility index (Phi) is 7.80. The molecule has 1 amide bonds. The summed E-state index contributed by atoms with van der Waals surface area (Å²) in [6.07, 6.45) is 1.47. The molecule has 0 aliphatic rings. The van der Waals surface area contributed by atoms with Crippen molar-refractivity contribution in [3.63, 3.8) is 0 Å². The quantitative estimate of drug-likeness (QED) is 0.0989. The Hall–Kier alpha value is -5.08. The van der Waals surface area contributed by atoms with Crippen molar-refractivity contribution in [3.05, 3.63) is 113 Å². The Morgan fingerprint density at radius 2 is 1.57 bits per heavy atom. The maximum Gasteiger partial charge on any atom is 0.347 e. The first-order valence-electron chi connectivity index (χ1n) is 12.2. The van der Waals surface area contributed by atoms with E-state index in [0.717, 1.165) is 22.0 Å². The highest BCUT2D eigenvalue weighted by Crippen LogP contribution is 2.33. The smallest absolute Gasteiger partial charge is 0.347 e. The first-order chi connectivity index (χ1) is 19.5. The highest BCUT2D eigenvalue weighted by molar-refractivity contribution is 6.31. The van der Waals surface area contributed by atoms with E-state index in [2.05, 4.69) is 15.5 Å². The lowest BCUT2D eigenvalue weighted by molar-refractivity contribution is 0.0726. The topological polar surface area (TPSA) is 102 Å². The summed E-state index contributed by atoms with van der Waals surface area (Å²) in [5.41, 5.74) is 6.34. The summed E-state index contributed by atoms with van der Waals surface area (Å²) >= 11 is 6.04. The van der Waals surface area contributed by atoms with Gasteiger partial charge in [0.1, 0.15) is 17.0 Å². The van der Waals surface area contributed by atoms with Gasteiger partial charge in [-0.15, -0.1) is 0 Å². The van der Waals surface area contributed by atoms with Crippen LogP contribution in [0.2, 0.25) is 5.02 Å². The molecule has 0 spiro atoms. The zero-order valence-corrected chi connectivity index (χ0v) is 22.4. The molecular weight excluding hydrogens is 530 g/mol. The largest absolute Gasteiger partial charge is 0.496 e. The van der Waals surface area contributed by atoms with Crippen LogP contribution in [-0.4, -0.2) is 37.3 Å². The molecule has 0 unspecified atom stereocenters. The number of aromatic amines is 1. The molecule has 0 fully saturated rings. The number of benzene rings is 4. The maximum absolute atomic E-state index is 13.2. The van der Waals surface area contributed by atoms with E-state index in [1.165, 1.54) is 26.5 Å². The predicted molar refractivity (Wildman–Crippen MR) is 155 cm³/mol. The van der Waals surface area contributed by atoms with Crippen LogP contribution in [0, 0.1) is 0 Å². The van der Waals surface area contributed by atoms with Crippen molar-refractivity contribution in [1.82, 2.24) is 10.4 Å². The molecule has 2 N–H and O–H groups in total. The Morgan fingerprint density at radius 3 is 2.35 bits per heavy atom. The highest BCUT2D eigenvalue weighted by Gasteiger charge is 2.19. The second-order valence-electron chi connectivity index (χ2n) is 8.63.